The maximum absolute atomic E-state index is 6.55. The minimum atomic E-state index is -1.06. The molecule has 0 aliphatic carbocycles. The molecular weight excluding hydrogens is 368 g/mol. The smallest absolute Gasteiger partial charge is 0.204 e. The van der Waals surface area contributed by atoms with Crippen LogP contribution in [0.25, 0.3) is 0 Å². The van der Waals surface area contributed by atoms with Crippen molar-refractivity contribution in [3.05, 3.63) is 53.6 Å². The molecule has 7 heteroatoms. The number of ether oxygens (including phenoxy) is 3. The van der Waals surface area contributed by atoms with Gasteiger partial charge in [-0.3, -0.25) is 10.7 Å². The van der Waals surface area contributed by atoms with Gasteiger partial charge in [0.25, 0.3) is 0 Å². The Hall–Kier alpha value is -3.06. The van der Waals surface area contributed by atoms with E-state index in [0.717, 1.165) is 11.1 Å². The largest absolute Gasteiger partial charge is 0.493 e. The Labute approximate surface area is 171 Å². The van der Waals surface area contributed by atoms with Gasteiger partial charge in [-0.1, -0.05) is 44.2 Å². The molecule has 2 atom stereocenters. The number of hydrogen-bond acceptors (Lipinski definition) is 7. The van der Waals surface area contributed by atoms with Crippen LogP contribution >= 0.6 is 0 Å². The third kappa shape index (κ3) is 4.35. The molecule has 0 spiro atoms. The summed E-state index contributed by atoms with van der Waals surface area (Å²) in [7, 11) is 3.20. The van der Waals surface area contributed by atoms with Crippen molar-refractivity contribution >= 4 is 12.1 Å². The van der Waals surface area contributed by atoms with Crippen molar-refractivity contribution in [3.63, 3.8) is 0 Å². The van der Waals surface area contributed by atoms with E-state index in [4.69, 9.17) is 25.7 Å². The predicted molar refractivity (Wildman–Crippen MR) is 115 cm³/mol. The van der Waals surface area contributed by atoms with Crippen LogP contribution in [0.15, 0.2) is 52.4 Å². The van der Waals surface area contributed by atoms with Crippen molar-refractivity contribution in [1.82, 2.24) is 0 Å². The molecule has 0 bridgehead atoms. The number of hydrogen-bond donors (Lipinski definition) is 2. The summed E-state index contributed by atoms with van der Waals surface area (Å²) in [6, 6.07) is 13.7. The second-order valence-corrected chi connectivity index (χ2v) is 7.26. The Bertz CT molecular complexity index is 912. The molecular formula is C22H28N4O3. The molecule has 0 saturated heterocycles. The highest BCUT2D eigenvalue weighted by Crippen LogP contribution is 2.40. The van der Waals surface area contributed by atoms with Crippen molar-refractivity contribution in [2.24, 2.45) is 21.5 Å². The van der Waals surface area contributed by atoms with Gasteiger partial charge in [-0.25, -0.2) is 4.99 Å². The number of aliphatic imine (C=N–C) groups is 2. The number of nitrogens with zero attached hydrogens (tertiary/aromatic N) is 2. The summed E-state index contributed by atoms with van der Waals surface area (Å²) in [6.07, 6.45) is 1.40. The first-order valence-corrected chi connectivity index (χ1v) is 9.51. The highest BCUT2D eigenvalue weighted by atomic mass is 16.5. The third-order valence-electron chi connectivity index (χ3n) is 4.88. The minimum absolute atomic E-state index is 0.180. The highest BCUT2D eigenvalue weighted by Gasteiger charge is 2.39. The van der Waals surface area contributed by atoms with Crippen LogP contribution in [0.2, 0.25) is 0 Å². The van der Waals surface area contributed by atoms with E-state index >= 15 is 0 Å². The normalized spacial score (nSPS) is 21.0. The van der Waals surface area contributed by atoms with Gasteiger partial charge in [0.2, 0.25) is 5.60 Å². The van der Waals surface area contributed by atoms with Crippen molar-refractivity contribution in [1.29, 1.82) is 0 Å². The molecule has 2 aromatic carbocycles. The van der Waals surface area contributed by atoms with Crippen molar-refractivity contribution in [2.75, 3.05) is 14.2 Å². The fraction of sp³-hybridized carbons (Fsp3) is 0.364. The lowest BCUT2D eigenvalue weighted by molar-refractivity contribution is 0.206. The van der Waals surface area contributed by atoms with Crippen LogP contribution in [-0.2, 0) is 6.42 Å². The fourth-order valence-corrected chi connectivity index (χ4v) is 3.31. The zero-order valence-electron chi connectivity index (χ0n) is 17.3. The van der Waals surface area contributed by atoms with Gasteiger partial charge >= 0.3 is 0 Å². The molecule has 0 fully saturated rings. The van der Waals surface area contributed by atoms with Gasteiger partial charge in [0.1, 0.15) is 11.6 Å². The number of methoxy groups -OCH3 is 2. The second kappa shape index (κ2) is 8.53. The van der Waals surface area contributed by atoms with Crippen LogP contribution < -0.4 is 25.7 Å². The SMILES string of the molecule is COc1cc(OC2(Cc3ccccc3)C=NC(N)N=C2N)c(C(C)C)cc1OC. The molecule has 0 radical (unpaired) electrons. The molecule has 2 aromatic rings. The van der Waals surface area contributed by atoms with E-state index in [1.165, 1.54) is 0 Å². The second-order valence-electron chi connectivity index (χ2n) is 7.26. The van der Waals surface area contributed by atoms with Crippen LogP contribution in [0, 0.1) is 0 Å². The lowest BCUT2D eigenvalue weighted by atomic mass is 9.92. The van der Waals surface area contributed by atoms with Gasteiger partial charge in [0.05, 0.1) is 20.4 Å². The van der Waals surface area contributed by atoms with E-state index in [9.17, 15) is 0 Å². The van der Waals surface area contributed by atoms with Gasteiger partial charge in [-0.2, -0.15) is 0 Å². The first kappa shape index (κ1) is 20.7. The van der Waals surface area contributed by atoms with Crippen LogP contribution in [0.5, 0.6) is 17.2 Å². The molecule has 0 amide bonds. The van der Waals surface area contributed by atoms with Gasteiger partial charge < -0.3 is 19.9 Å². The van der Waals surface area contributed by atoms with E-state index in [0.29, 0.717) is 23.7 Å². The first-order chi connectivity index (χ1) is 13.9. The Kier molecular flexibility index (Phi) is 6.08. The van der Waals surface area contributed by atoms with Crippen LogP contribution in [0.1, 0.15) is 30.9 Å². The maximum atomic E-state index is 6.55. The quantitative estimate of drug-likeness (QED) is 0.749. The van der Waals surface area contributed by atoms with Crippen LogP contribution in [0.3, 0.4) is 0 Å². The van der Waals surface area contributed by atoms with E-state index in [1.807, 2.05) is 42.5 Å². The summed E-state index contributed by atoms with van der Waals surface area (Å²) in [6.45, 7) is 4.17. The summed E-state index contributed by atoms with van der Waals surface area (Å²) >= 11 is 0. The molecule has 0 saturated carbocycles. The summed E-state index contributed by atoms with van der Waals surface area (Å²) in [4.78, 5) is 8.55. The Morgan fingerprint density at radius 2 is 1.69 bits per heavy atom. The van der Waals surface area contributed by atoms with Crippen LogP contribution in [0.4, 0.5) is 0 Å². The Morgan fingerprint density at radius 3 is 2.28 bits per heavy atom. The number of amidine groups is 1. The Morgan fingerprint density at radius 1 is 1.03 bits per heavy atom. The molecule has 1 aliphatic rings. The average Bonchev–Trinajstić information content (AvgIpc) is 2.71. The lowest BCUT2D eigenvalue weighted by Gasteiger charge is -2.34. The number of rotatable bonds is 7. The van der Waals surface area contributed by atoms with Gasteiger partial charge in [0, 0.05) is 18.1 Å². The van der Waals surface area contributed by atoms with E-state index in [2.05, 4.69) is 23.8 Å². The summed E-state index contributed by atoms with van der Waals surface area (Å²) < 4.78 is 17.5. The van der Waals surface area contributed by atoms with Crippen molar-refractivity contribution in [2.45, 2.75) is 38.1 Å². The van der Waals surface area contributed by atoms with Gasteiger partial charge in [-0.05, 0) is 17.5 Å². The molecule has 1 aliphatic heterocycles. The fourth-order valence-electron chi connectivity index (χ4n) is 3.31. The van der Waals surface area contributed by atoms with Crippen molar-refractivity contribution < 1.29 is 14.2 Å². The average molecular weight is 396 g/mol. The Balaban J connectivity index is 2.09. The monoisotopic (exact) mass is 396 g/mol. The van der Waals surface area contributed by atoms with Gasteiger partial charge in [-0.15, -0.1) is 0 Å². The van der Waals surface area contributed by atoms with Crippen molar-refractivity contribution in [3.8, 4) is 17.2 Å². The number of nitrogens with two attached hydrogens (primary N) is 2. The minimum Gasteiger partial charge on any atom is -0.493 e. The molecule has 29 heavy (non-hydrogen) atoms. The standard InChI is InChI=1S/C22H28N4O3/c1-14(2)16-10-18(27-3)19(28-4)11-17(16)29-22(12-15-8-6-5-7-9-15)13-25-21(24)26-20(22)23/h5-11,13-14,21H,12,24H2,1-4H3,(H2,23,26). The topological polar surface area (TPSA) is 104 Å². The summed E-state index contributed by atoms with van der Waals surface area (Å²) in [5.41, 5.74) is 13.1. The predicted octanol–water partition coefficient (Wildman–Crippen LogP) is 2.87. The molecule has 154 valence electrons. The third-order valence-corrected chi connectivity index (χ3v) is 4.88. The zero-order chi connectivity index (χ0) is 21.0. The van der Waals surface area contributed by atoms with E-state index in [-0.39, 0.29) is 11.8 Å². The lowest BCUT2D eigenvalue weighted by Crippen LogP contribution is -2.55. The highest BCUT2D eigenvalue weighted by molar-refractivity contribution is 6.06. The molecule has 2 unspecified atom stereocenters. The molecule has 3 rings (SSSR count). The molecule has 1 heterocycles. The van der Waals surface area contributed by atoms with Crippen LogP contribution in [-0.4, -0.2) is 38.2 Å². The van der Waals surface area contributed by atoms with E-state index in [1.54, 1.807) is 20.4 Å². The molecule has 4 N–H and O–H groups in total. The van der Waals surface area contributed by atoms with E-state index < -0.39 is 11.9 Å². The summed E-state index contributed by atoms with van der Waals surface area (Å²) in [5.74, 6) is 2.31. The molecule has 0 aromatic heterocycles. The molecule has 7 nitrogen and oxygen atoms in total. The zero-order valence-corrected chi connectivity index (χ0v) is 17.3. The first-order valence-electron chi connectivity index (χ1n) is 9.51. The summed E-state index contributed by atoms with van der Waals surface area (Å²) in [5, 5.41) is 0. The number of benzene rings is 2. The van der Waals surface area contributed by atoms with Gasteiger partial charge in [0.15, 0.2) is 17.8 Å². The maximum Gasteiger partial charge on any atom is 0.204 e.